The Kier molecular flexibility index (Phi) is 5.01. The van der Waals surface area contributed by atoms with Crippen molar-refractivity contribution in [2.24, 2.45) is 0 Å². The third-order valence-electron chi connectivity index (χ3n) is 4.71. The van der Waals surface area contributed by atoms with Gasteiger partial charge in [-0.15, -0.1) is 0 Å². The van der Waals surface area contributed by atoms with Crippen LogP contribution in [0.15, 0.2) is 42.1 Å². The molecule has 0 aliphatic carbocycles. The van der Waals surface area contributed by atoms with E-state index in [1.165, 1.54) is 13.2 Å². The van der Waals surface area contributed by atoms with Crippen LogP contribution in [0.5, 0.6) is 17.2 Å². The fourth-order valence-corrected chi connectivity index (χ4v) is 3.15. The number of aryl methyl sites for hydroxylation is 1. The van der Waals surface area contributed by atoms with Gasteiger partial charge in [0.25, 0.3) is 5.91 Å². The van der Waals surface area contributed by atoms with Crippen molar-refractivity contribution in [2.45, 2.75) is 6.92 Å². The van der Waals surface area contributed by atoms with Crippen LogP contribution in [0.4, 0.5) is 10.5 Å². The first-order valence-electron chi connectivity index (χ1n) is 9.14. The van der Waals surface area contributed by atoms with E-state index in [2.05, 4.69) is 10.6 Å². The highest BCUT2D eigenvalue weighted by Gasteiger charge is 2.35. The Labute approximate surface area is 172 Å². The zero-order valence-electron chi connectivity index (χ0n) is 16.4. The predicted molar refractivity (Wildman–Crippen MR) is 107 cm³/mol. The summed E-state index contributed by atoms with van der Waals surface area (Å²) in [5, 5.41) is 5.20. The van der Waals surface area contributed by atoms with Gasteiger partial charge in [0.1, 0.15) is 18.0 Å². The molecule has 2 N–H and O–H groups in total. The number of anilines is 1. The number of amides is 4. The van der Waals surface area contributed by atoms with Gasteiger partial charge in [-0.25, -0.2) is 9.69 Å². The molecule has 2 aliphatic heterocycles. The third-order valence-corrected chi connectivity index (χ3v) is 4.71. The molecule has 0 radical (unpaired) electrons. The number of nitrogens with zero attached hydrogens (tertiary/aromatic N) is 1. The van der Waals surface area contributed by atoms with E-state index in [0.29, 0.717) is 28.5 Å². The number of hydrogen-bond acceptors (Lipinski definition) is 6. The SMILES string of the molecule is COc1cc2c(cc1C=C1NC(=O)N(CC(=O)Nc3ccccc3C)C1=O)OCO2. The number of rotatable bonds is 5. The lowest BCUT2D eigenvalue weighted by Crippen LogP contribution is -2.38. The van der Waals surface area contributed by atoms with Crippen molar-refractivity contribution in [3.8, 4) is 17.2 Å². The van der Waals surface area contributed by atoms with Crippen molar-refractivity contribution in [1.29, 1.82) is 0 Å². The quantitative estimate of drug-likeness (QED) is 0.580. The molecule has 4 amide bonds. The van der Waals surface area contributed by atoms with Crippen LogP contribution >= 0.6 is 0 Å². The maximum atomic E-state index is 12.7. The molecular formula is C21H19N3O6. The van der Waals surface area contributed by atoms with Gasteiger partial charge in [0.05, 0.1) is 7.11 Å². The lowest BCUT2D eigenvalue weighted by molar-refractivity contribution is -0.127. The third kappa shape index (κ3) is 3.64. The number of methoxy groups -OCH3 is 1. The molecule has 0 saturated carbocycles. The highest BCUT2D eigenvalue weighted by molar-refractivity contribution is 6.16. The maximum Gasteiger partial charge on any atom is 0.329 e. The second kappa shape index (κ2) is 7.78. The second-order valence-electron chi connectivity index (χ2n) is 6.69. The molecule has 9 nitrogen and oxygen atoms in total. The highest BCUT2D eigenvalue weighted by atomic mass is 16.7. The van der Waals surface area contributed by atoms with Gasteiger partial charge < -0.3 is 24.8 Å². The zero-order chi connectivity index (χ0) is 21.3. The van der Waals surface area contributed by atoms with Gasteiger partial charge in [0.15, 0.2) is 11.5 Å². The van der Waals surface area contributed by atoms with Crippen LogP contribution in [0, 0.1) is 6.92 Å². The highest BCUT2D eigenvalue weighted by Crippen LogP contribution is 2.39. The summed E-state index contributed by atoms with van der Waals surface area (Å²) in [5.74, 6) is 0.401. The minimum Gasteiger partial charge on any atom is -0.496 e. The fraction of sp³-hybridized carbons (Fsp3) is 0.190. The number of benzene rings is 2. The van der Waals surface area contributed by atoms with E-state index in [0.717, 1.165) is 10.5 Å². The summed E-state index contributed by atoms with van der Waals surface area (Å²) in [6.07, 6.45) is 1.47. The van der Waals surface area contributed by atoms with Gasteiger partial charge in [-0.1, -0.05) is 18.2 Å². The number of nitrogens with one attached hydrogen (secondary N) is 2. The van der Waals surface area contributed by atoms with E-state index >= 15 is 0 Å². The Hall–Kier alpha value is -4.01. The Balaban J connectivity index is 1.52. The molecule has 2 aromatic carbocycles. The molecule has 2 aromatic rings. The van der Waals surface area contributed by atoms with Crippen molar-refractivity contribution in [1.82, 2.24) is 10.2 Å². The van der Waals surface area contributed by atoms with Gasteiger partial charge >= 0.3 is 6.03 Å². The zero-order valence-corrected chi connectivity index (χ0v) is 16.4. The maximum absolute atomic E-state index is 12.7. The normalized spacial score (nSPS) is 16.1. The van der Waals surface area contributed by atoms with Gasteiger partial charge in [0, 0.05) is 17.3 Å². The summed E-state index contributed by atoms with van der Waals surface area (Å²) in [6.45, 7) is 1.54. The summed E-state index contributed by atoms with van der Waals surface area (Å²) in [7, 11) is 1.48. The summed E-state index contributed by atoms with van der Waals surface area (Å²) in [5.41, 5.74) is 2.05. The van der Waals surface area contributed by atoms with Crippen LogP contribution < -0.4 is 24.8 Å². The van der Waals surface area contributed by atoms with Crippen molar-refractivity contribution in [3.05, 3.63) is 53.2 Å². The smallest absolute Gasteiger partial charge is 0.329 e. The Morgan fingerprint density at radius 3 is 2.70 bits per heavy atom. The number of imide groups is 1. The molecule has 1 fully saturated rings. The first-order chi connectivity index (χ1) is 14.5. The van der Waals surface area contributed by atoms with Crippen LogP contribution in [-0.2, 0) is 9.59 Å². The molecule has 9 heteroatoms. The van der Waals surface area contributed by atoms with Crippen molar-refractivity contribution >= 4 is 29.6 Å². The lowest BCUT2D eigenvalue weighted by Gasteiger charge is -2.13. The minimum atomic E-state index is -0.675. The van der Waals surface area contributed by atoms with Gasteiger partial charge in [-0.2, -0.15) is 0 Å². The number of fused-ring (bicyclic) bond motifs is 1. The molecule has 2 heterocycles. The van der Waals surface area contributed by atoms with E-state index in [9.17, 15) is 14.4 Å². The van der Waals surface area contributed by atoms with Crippen molar-refractivity contribution in [2.75, 3.05) is 25.8 Å². The molecule has 0 aromatic heterocycles. The number of carbonyl (C=O) groups excluding carboxylic acids is 3. The van der Waals surface area contributed by atoms with Crippen LogP contribution in [0.25, 0.3) is 6.08 Å². The van der Waals surface area contributed by atoms with Crippen LogP contribution in [0.1, 0.15) is 11.1 Å². The Morgan fingerprint density at radius 1 is 1.23 bits per heavy atom. The summed E-state index contributed by atoms with van der Waals surface area (Å²) >= 11 is 0. The fourth-order valence-electron chi connectivity index (χ4n) is 3.15. The topological polar surface area (TPSA) is 106 Å². The standard InChI is InChI=1S/C21H19N3O6/c1-12-5-3-4-6-14(12)22-19(25)10-24-20(26)15(23-21(24)27)7-13-8-17-18(30-11-29-17)9-16(13)28-2/h3-9H,10-11H2,1-2H3,(H,22,25)(H,23,27). The van der Waals surface area contributed by atoms with E-state index in [1.807, 2.05) is 19.1 Å². The van der Waals surface area contributed by atoms with E-state index in [4.69, 9.17) is 14.2 Å². The van der Waals surface area contributed by atoms with Crippen LogP contribution in [0.3, 0.4) is 0 Å². The summed E-state index contributed by atoms with van der Waals surface area (Å²) in [4.78, 5) is 38.2. The predicted octanol–water partition coefficient (Wildman–Crippen LogP) is 2.26. The summed E-state index contributed by atoms with van der Waals surface area (Å²) in [6, 6.07) is 9.86. The Morgan fingerprint density at radius 2 is 1.97 bits per heavy atom. The molecule has 0 unspecified atom stereocenters. The number of para-hydroxylation sites is 1. The van der Waals surface area contributed by atoms with Crippen molar-refractivity contribution in [3.63, 3.8) is 0 Å². The molecule has 4 rings (SSSR count). The van der Waals surface area contributed by atoms with E-state index < -0.39 is 24.4 Å². The summed E-state index contributed by atoms with van der Waals surface area (Å²) < 4.78 is 16.0. The lowest BCUT2D eigenvalue weighted by atomic mass is 10.1. The van der Waals surface area contributed by atoms with Crippen LogP contribution in [0.2, 0.25) is 0 Å². The monoisotopic (exact) mass is 409 g/mol. The number of ether oxygens (including phenoxy) is 3. The first-order valence-corrected chi connectivity index (χ1v) is 9.14. The molecule has 0 atom stereocenters. The average Bonchev–Trinajstić information content (AvgIpc) is 3.28. The molecule has 2 aliphatic rings. The minimum absolute atomic E-state index is 0.0286. The number of hydrogen-bond donors (Lipinski definition) is 2. The second-order valence-corrected chi connectivity index (χ2v) is 6.69. The Bertz CT molecular complexity index is 1080. The van der Waals surface area contributed by atoms with Crippen LogP contribution in [-0.4, -0.2) is 43.2 Å². The van der Waals surface area contributed by atoms with E-state index in [1.54, 1.807) is 24.3 Å². The van der Waals surface area contributed by atoms with Gasteiger partial charge in [0.2, 0.25) is 12.7 Å². The molecule has 1 saturated heterocycles. The molecule has 0 spiro atoms. The molecule has 0 bridgehead atoms. The number of urea groups is 1. The molecule has 30 heavy (non-hydrogen) atoms. The first kappa shape index (κ1) is 19.3. The van der Waals surface area contributed by atoms with E-state index in [-0.39, 0.29) is 12.5 Å². The number of carbonyl (C=O) groups is 3. The largest absolute Gasteiger partial charge is 0.496 e. The van der Waals surface area contributed by atoms with Crippen molar-refractivity contribution < 1.29 is 28.6 Å². The van der Waals surface area contributed by atoms with Gasteiger partial charge in [-0.3, -0.25) is 9.59 Å². The average molecular weight is 409 g/mol. The molecular weight excluding hydrogens is 390 g/mol. The van der Waals surface area contributed by atoms with Gasteiger partial charge in [-0.05, 0) is 30.7 Å². The molecule has 154 valence electrons.